The fraction of sp³-hybridized carbons (Fsp3) is 0.556. The summed E-state index contributed by atoms with van der Waals surface area (Å²) in [5.41, 5.74) is 0.652. The number of hydrogen-bond donors (Lipinski definition) is 2. The number of nitrogens with zero attached hydrogens (tertiary/aromatic N) is 2. The number of guanidine groups is 1. The van der Waals surface area contributed by atoms with Crippen molar-refractivity contribution in [2.24, 2.45) is 10.4 Å². The van der Waals surface area contributed by atoms with Crippen LogP contribution in [0.2, 0.25) is 0 Å². The summed E-state index contributed by atoms with van der Waals surface area (Å²) >= 11 is 3.58. The summed E-state index contributed by atoms with van der Waals surface area (Å²) < 4.78 is 1.08. The normalized spacial score (nSPS) is 12.0. The highest BCUT2D eigenvalue weighted by Gasteiger charge is 2.27. The van der Waals surface area contributed by atoms with Crippen LogP contribution in [0.3, 0.4) is 0 Å². The fourth-order valence-electron chi connectivity index (χ4n) is 2.17. The van der Waals surface area contributed by atoms with Gasteiger partial charge >= 0.3 is 0 Å². The van der Waals surface area contributed by atoms with Gasteiger partial charge in [0.2, 0.25) is 5.91 Å². The smallest absolute Gasteiger partial charge is 0.227 e. The number of halogens is 1. The SMILES string of the molecule is CCNC(=O)C(C)(C)CN=C(NCC)N(C)Cc1ccccc1Br. The van der Waals surface area contributed by atoms with E-state index in [1.54, 1.807) is 0 Å². The van der Waals surface area contributed by atoms with E-state index in [2.05, 4.69) is 42.5 Å². The Morgan fingerprint density at radius 1 is 1.21 bits per heavy atom. The molecule has 0 fully saturated rings. The van der Waals surface area contributed by atoms with Crippen molar-refractivity contribution < 1.29 is 4.79 Å². The largest absolute Gasteiger partial charge is 0.357 e. The molecular weight excluding hydrogens is 368 g/mol. The first-order chi connectivity index (χ1) is 11.3. The van der Waals surface area contributed by atoms with Crippen LogP contribution in [-0.4, -0.2) is 43.4 Å². The Balaban J connectivity index is 2.84. The zero-order chi connectivity index (χ0) is 18.2. The molecule has 0 aliphatic heterocycles. The maximum Gasteiger partial charge on any atom is 0.227 e. The first-order valence-electron chi connectivity index (χ1n) is 8.33. The van der Waals surface area contributed by atoms with Gasteiger partial charge in [-0.2, -0.15) is 0 Å². The van der Waals surface area contributed by atoms with Gasteiger partial charge in [0.15, 0.2) is 5.96 Å². The molecule has 0 bridgehead atoms. The molecule has 0 aromatic heterocycles. The van der Waals surface area contributed by atoms with Crippen molar-refractivity contribution >= 4 is 27.8 Å². The van der Waals surface area contributed by atoms with Crippen molar-refractivity contribution in [3.63, 3.8) is 0 Å². The molecule has 0 saturated carbocycles. The van der Waals surface area contributed by atoms with Crippen molar-refractivity contribution in [3.05, 3.63) is 34.3 Å². The molecule has 1 rings (SSSR count). The second-order valence-corrected chi connectivity index (χ2v) is 7.22. The summed E-state index contributed by atoms with van der Waals surface area (Å²) in [6, 6.07) is 8.14. The highest BCUT2D eigenvalue weighted by Crippen LogP contribution is 2.18. The lowest BCUT2D eigenvalue weighted by atomic mass is 9.92. The van der Waals surface area contributed by atoms with Crippen LogP contribution in [-0.2, 0) is 11.3 Å². The van der Waals surface area contributed by atoms with Gasteiger partial charge < -0.3 is 15.5 Å². The number of benzene rings is 1. The second-order valence-electron chi connectivity index (χ2n) is 6.36. The monoisotopic (exact) mass is 396 g/mol. The van der Waals surface area contributed by atoms with Crippen LogP contribution in [0.15, 0.2) is 33.7 Å². The molecular formula is C18H29BrN4O. The van der Waals surface area contributed by atoms with E-state index in [1.807, 2.05) is 52.9 Å². The van der Waals surface area contributed by atoms with Crippen molar-refractivity contribution in [3.8, 4) is 0 Å². The third kappa shape index (κ3) is 6.15. The summed E-state index contributed by atoms with van der Waals surface area (Å²) in [4.78, 5) is 18.9. The van der Waals surface area contributed by atoms with Crippen LogP contribution in [0, 0.1) is 5.41 Å². The molecule has 1 aromatic carbocycles. The first kappa shape index (κ1) is 20.5. The van der Waals surface area contributed by atoms with Gasteiger partial charge in [-0.25, -0.2) is 0 Å². The zero-order valence-corrected chi connectivity index (χ0v) is 16.9. The Kier molecular flexibility index (Phi) is 8.25. The topological polar surface area (TPSA) is 56.7 Å². The van der Waals surface area contributed by atoms with Crippen molar-refractivity contribution in [1.29, 1.82) is 0 Å². The number of aliphatic imine (C=N–C) groups is 1. The molecule has 1 aromatic rings. The summed E-state index contributed by atoms with van der Waals surface area (Å²) in [7, 11) is 2.00. The van der Waals surface area contributed by atoms with Gasteiger partial charge in [-0.15, -0.1) is 0 Å². The molecule has 0 atom stereocenters. The number of rotatable bonds is 7. The van der Waals surface area contributed by atoms with E-state index in [4.69, 9.17) is 0 Å². The van der Waals surface area contributed by atoms with Crippen LogP contribution in [0.5, 0.6) is 0 Å². The molecule has 0 spiro atoms. The highest BCUT2D eigenvalue weighted by molar-refractivity contribution is 9.10. The average Bonchev–Trinajstić information content (AvgIpc) is 2.53. The lowest BCUT2D eigenvalue weighted by Gasteiger charge is -2.25. The predicted octanol–water partition coefficient (Wildman–Crippen LogP) is 3.01. The van der Waals surface area contributed by atoms with Crippen LogP contribution in [0.4, 0.5) is 0 Å². The Labute approximate surface area is 154 Å². The number of carbonyl (C=O) groups is 1. The molecule has 0 heterocycles. The lowest BCUT2D eigenvalue weighted by molar-refractivity contribution is -0.128. The van der Waals surface area contributed by atoms with Crippen LogP contribution < -0.4 is 10.6 Å². The lowest BCUT2D eigenvalue weighted by Crippen LogP contribution is -2.42. The quantitative estimate of drug-likeness (QED) is 0.549. The molecule has 0 radical (unpaired) electrons. The molecule has 0 unspecified atom stereocenters. The van der Waals surface area contributed by atoms with E-state index in [0.717, 1.165) is 23.5 Å². The molecule has 2 N–H and O–H groups in total. The van der Waals surface area contributed by atoms with E-state index in [0.29, 0.717) is 13.1 Å². The third-order valence-electron chi connectivity index (χ3n) is 3.64. The molecule has 0 saturated heterocycles. The Morgan fingerprint density at radius 3 is 2.42 bits per heavy atom. The molecule has 1 amide bonds. The number of amides is 1. The van der Waals surface area contributed by atoms with E-state index in [9.17, 15) is 4.79 Å². The standard InChI is InChI=1S/C18H29BrN4O/c1-6-20-16(24)18(3,4)13-22-17(21-7-2)23(5)12-14-10-8-9-11-15(14)19/h8-11H,6-7,12-13H2,1-5H3,(H,20,24)(H,21,22). The molecule has 24 heavy (non-hydrogen) atoms. The Morgan fingerprint density at radius 2 is 1.83 bits per heavy atom. The van der Waals surface area contributed by atoms with Crippen molar-refractivity contribution in [2.45, 2.75) is 34.2 Å². The third-order valence-corrected chi connectivity index (χ3v) is 4.41. The van der Waals surface area contributed by atoms with E-state index < -0.39 is 5.41 Å². The Hall–Kier alpha value is -1.56. The molecule has 134 valence electrons. The maximum atomic E-state index is 12.1. The van der Waals surface area contributed by atoms with E-state index in [1.165, 1.54) is 5.56 Å². The van der Waals surface area contributed by atoms with Crippen molar-refractivity contribution in [2.75, 3.05) is 26.7 Å². The minimum absolute atomic E-state index is 0.0260. The van der Waals surface area contributed by atoms with Gasteiger partial charge in [0.05, 0.1) is 12.0 Å². The molecule has 6 heteroatoms. The zero-order valence-electron chi connectivity index (χ0n) is 15.3. The van der Waals surface area contributed by atoms with Crippen LogP contribution >= 0.6 is 15.9 Å². The first-order valence-corrected chi connectivity index (χ1v) is 9.12. The number of hydrogen-bond acceptors (Lipinski definition) is 2. The summed E-state index contributed by atoms with van der Waals surface area (Å²) in [6.07, 6.45) is 0. The predicted molar refractivity (Wildman–Crippen MR) is 104 cm³/mol. The summed E-state index contributed by atoms with van der Waals surface area (Å²) in [5, 5.41) is 6.16. The second kappa shape index (κ2) is 9.67. The van der Waals surface area contributed by atoms with Gasteiger partial charge in [-0.05, 0) is 39.3 Å². The molecule has 0 aliphatic rings. The van der Waals surface area contributed by atoms with Gasteiger partial charge in [0, 0.05) is 31.2 Å². The highest BCUT2D eigenvalue weighted by atomic mass is 79.9. The van der Waals surface area contributed by atoms with Gasteiger partial charge in [-0.1, -0.05) is 34.1 Å². The molecule has 5 nitrogen and oxygen atoms in total. The minimum Gasteiger partial charge on any atom is -0.357 e. The fourth-order valence-corrected chi connectivity index (χ4v) is 2.58. The van der Waals surface area contributed by atoms with Crippen molar-refractivity contribution in [1.82, 2.24) is 15.5 Å². The maximum absolute atomic E-state index is 12.1. The number of carbonyl (C=O) groups excluding carboxylic acids is 1. The summed E-state index contributed by atoms with van der Waals surface area (Å²) in [5.74, 6) is 0.823. The number of nitrogens with one attached hydrogen (secondary N) is 2. The average molecular weight is 397 g/mol. The van der Waals surface area contributed by atoms with E-state index in [-0.39, 0.29) is 5.91 Å². The summed E-state index contributed by atoms with van der Waals surface area (Å²) in [6.45, 7) is 10.4. The van der Waals surface area contributed by atoms with E-state index >= 15 is 0 Å². The Bertz CT molecular complexity index is 572. The van der Waals surface area contributed by atoms with Crippen LogP contribution in [0.1, 0.15) is 33.3 Å². The van der Waals surface area contributed by atoms with Gasteiger partial charge in [-0.3, -0.25) is 9.79 Å². The van der Waals surface area contributed by atoms with Crippen LogP contribution in [0.25, 0.3) is 0 Å². The minimum atomic E-state index is -0.537. The molecule has 0 aliphatic carbocycles. The van der Waals surface area contributed by atoms with Gasteiger partial charge in [0.1, 0.15) is 0 Å². The van der Waals surface area contributed by atoms with Gasteiger partial charge in [0.25, 0.3) is 0 Å².